The van der Waals surface area contributed by atoms with Gasteiger partial charge >= 0.3 is 5.97 Å². The van der Waals surface area contributed by atoms with Gasteiger partial charge in [-0.25, -0.2) is 0 Å². The lowest BCUT2D eigenvalue weighted by molar-refractivity contribution is -0.139. The molecule has 494 valence electrons. The van der Waals surface area contributed by atoms with E-state index in [-0.39, 0.29) is 49.8 Å². The average molecular weight is 1240 g/mol. The van der Waals surface area contributed by atoms with E-state index in [1.165, 1.54) is 14.0 Å². The molecule has 0 aliphatic heterocycles. The van der Waals surface area contributed by atoms with Gasteiger partial charge in [0.2, 0.25) is 65.0 Å². The van der Waals surface area contributed by atoms with Crippen LogP contribution < -0.4 is 75.7 Å². The van der Waals surface area contributed by atoms with Gasteiger partial charge in [-0.15, -0.1) is 0 Å². The fourth-order valence-electron chi connectivity index (χ4n) is 9.50. The smallest absolute Gasteiger partial charge is 0.303 e. The summed E-state index contributed by atoms with van der Waals surface area (Å²) < 4.78 is 0. The molecule has 0 spiro atoms. The number of amides is 11. The zero-order chi connectivity index (χ0) is 66.0. The summed E-state index contributed by atoms with van der Waals surface area (Å²) in [7, 11) is 3.11. The van der Waals surface area contributed by atoms with E-state index in [0.29, 0.717) is 74.6 Å². The van der Waals surface area contributed by atoms with E-state index in [4.69, 9.17) is 17.2 Å². The minimum atomic E-state index is -1.80. The van der Waals surface area contributed by atoms with Gasteiger partial charge in [-0.1, -0.05) is 52.8 Å². The molecule has 1 aromatic carbocycles. The lowest BCUT2D eigenvalue weighted by Crippen LogP contribution is -2.62. The number of hydrogen-bond acceptors (Lipinski definition) is 16. The van der Waals surface area contributed by atoms with Crippen LogP contribution in [0.25, 0.3) is 10.9 Å². The molecule has 2 aromatic rings. The predicted molar refractivity (Wildman–Crippen MR) is 329 cm³/mol. The number of para-hydroxylation sites is 1. The number of aliphatic hydroxyl groups excluding tert-OH is 1. The number of carboxylic acid groups (broad SMARTS) is 1. The van der Waals surface area contributed by atoms with Gasteiger partial charge in [-0.2, -0.15) is 0 Å². The number of unbranched alkanes of at least 4 members (excludes halogenated alkanes) is 2. The highest BCUT2D eigenvalue weighted by Crippen LogP contribution is 2.20. The van der Waals surface area contributed by atoms with Crippen molar-refractivity contribution >= 4 is 81.9 Å². The Balaban J connectivity index is 2.50. The van der Waals surface area contributed by atoms with Crippen molar-refractivity contribution in [2.75, 3.05) is 40.3 Å². The summed E-state index contributed by atoms with van der Waals surface area (Å²) in [5.41, 5.74) is 17.9. The molecular weight excluding hydrogens is 1140 g/mol. The summed E-state index contributed by atoms with van der Waals surface area (Å²) in [5, 5.41) is 50.1. The number of benzene rings is 1. The Labute approximate surface area is 515 Å². The molecule has 0 saturated carbocycles. The molecular formula is C59H99N15O14. The van der Waals surface area contributed by atoms with Crippen molar-refractivity contribution in [1.82, 2.24) is 63.5 Å². The number of aromatic amines is 1. The molecule has 1 heterocycles. The summed E-state index contributed by atoms with van der Waals surface area (Å²) in [5.74, 6) is -11.0. The molecule has 29 heteroatoms. The molecule has 0 bridgehead atoms. The first-order valence-corrected chi connectivity index (χ1v) is 30.3. The predicted octanol–water partition coefficient (Wildman–Crippen LogP) is -2.05. The van der Waals surface area contributed by atoms with Crippen LogP contribution in [0, 0.1) is 17.8 Å². The quantitative estimate of drug-likeness (QED) is 0.0318. The number of hydrogen-bond donors (Lipinski definition) is 17. The monoisotopic (exact) mass is 1240 g/mol. The first-order chi connectivity index (χ1) is 41.6. The van der Waals surface area contributed by atoms with Crippen molar-refractivity contribution in [1.29, 1.82) is 0 Å². The summed E-state index contributed by atoms with van der Waals surface area (Å²) >= 11 is 0. The van der Waals surface area contributed by atoms with Crippen LogP contribution in [0.4, 0.5) is 0 Å². The highest BCUT2D eigenvalue weighted by atomic mass is 16.4. The molecule has 11 amide bonds. The van der Waals surface area contributed by atoms with Gasteiger partial charge in [-0.05, 0) is 134 Å². The van der Waals surface area contributed by atoms with Gasteiger partial charge in [0.15, 0.2) is 0 Å². The Morgan fingerprint density at radius 3 is 1.55 bits per heavy atom. The maximum absolute atomic E-state index is 14.6. The van der Waals surface area contributed by atoms with Crippen molar-refractivity contribution in [2.45, 2.75) is 192 Å². The minimum absolute atomic E-state index is 0.00389. The standard InChI is InChI=1S/C59H99N15O14/c1-33(2)28-44(52(81)64-8)71-56(85)43(22-24-49(78)79)69-55(84)42(21-23-47(62)76)70-57(86)46(30-37-31-65-39-18-10-9-17-38(37)39)73-59(88)50(36(6)75)74-58(87)45(29-34(3)4)72-54(83)41(20-12-14-27-63-7)67-48(77)32-66-53(82)40(19-11-13-25-60)68-51(80)35(5)16-15-26-61/h9-10,17-18,31,33-36,40-46,50,63,65,75H,11-16,19-30,32,60-61H2,1-8H3,(H2,62,76)(H,64,81)(H,66,82)(H,67,77)(H,68,80)(H,69,84)(H,70,86)(H,71,85)(H,72,83)(H,73,88)(H,74,87)(H,78,79)/t35-,36?,40-,41-,42-,43+,44-,45+,46+,50-/m0/s1. The third-order valence-corrected chi connectivity index (χ3v) is 14.4. The maximum Gasteiger partial charge on any atom is 0.303 e. The molecule has 29 nitrogen and oxygen atoms in total. The minimum Gasteiger partial charge on any atom is -0.481 e. The number of nitrogens with one attached hydrogen (secondary N) is 12. The normalized spacial score (nSPS) is 14.7. The lowest BCUT2D eigenvalue weighted by atomic mass is 10.00. The van der Waals surface area contributed by atoms with Gasteiger partial charge in [0.1, 0.15) is 48.3 Å². The Morgan fingerprint density at radius 2 is 1.01 bits per heavy atom. The first kappa shape index (κ1) is 76.3. The SMILES string of the molecule is CNCCCC[C@H](NC(=O)CNC(=O)[C@H](CCCCN)NC(=O)[C@@H](C)CCCN)C(=O)N[C@H](CC(C)C)C(=O)N[C@H](C(=O)N[C@H](Cc1c[nH]c2ccccc12)C(=O)N[C@@H](CCC(N)=O)C(=O)N[C@H](CCC(=O)O)C(=O)N[C@@H](CC(C)C)C(=O)NC)C(C)O. The number of carboxylic acids is 1. The van der Waals surface area contributed by atoms with E-state index in [9.17, 15) is 67.7 Å². The van der Waals surface area contributed by atoms with E-state index in [1.807, 2.05) is 13.8 Å². The summed E-state index contributed by atoms with van der Waals surface area (Å²) in [4.78, 5) is 165. The van der Waals surface area contributed by atoms with Crippen molar-refractivity contribution in [3.63, 3.8) is 0 Å². The van der Waals surface area contributed by atoms with Crippen LogP contribution in [0.5, 0.6) is 0 Å². The largest absolute Gasteiger partial charge is 0.481 e. The average Bonchev–Trinajstić information content (AvgIpc) is 2.01. The highest BCUT2D eigenvalue weighted by molar-refractivity contribution is 5.99. The molecule has 1 aromatic heterocycles. The lowest BCUT2D eigenvalue weighted by Gasteiger charge is -2.29. The molecule has 0 aliphatic carbocycles. The van der Waals surface area contributed by atoms with Crippen molar-refractivity contribution in [3.05, 3.63) is 36.0 Å². The Morgan fingerprint density at radius 1 is 0.523 bits per heavy atom. The van der Waals surface area contributed by atoms with Crippen LogP contribution in [0.1, 0.15) is 137 Å². The van der Waals surface area contributed by atoms with E-state index in [2.05, 4.69) is 63.5 Å². The van der Waals surface area contributed by atoms with Crippen molar-refractivity contribution < 1.29 is 67.7 Å². The van der Waals surface area contributed by atoms with E-state index in [0.717, 1.165) is 0 Å². The van der Waals surface area contributed by atoms with Crippen LogP contribution in [0.2, 0.25) is 0 Å². The summed E-state index contributed by atoms with van der Waals surface area (Å²) in [6.07, 6.45) is 1.47. The molecule has 1 unspecified atom stereocenters. The molecule has 88 heavy (non-hydrogen) atoms. The van der Waals surface area contributed by atoms with Gasteiger partial charge in [0, 0.05) is 49.3 Å². The fourth-order valence-corrected chi connectivity index (χ4v) is 9.50. The second-order valence-corrected chi connectivity index (χ2v) is 23.0. The van der Waals surface area contributed by atoms with E-state index < -0.39 is 158 Å². The van der Waals surface area contributed by atoms with Crippen LogP contribution in [0.15, 0.2) is 30.5 Å². The zero-order valence-electron chi connectivity index (χ0n) is 52.3. The third-order valence-electron chi connectivity index (χ3n) is 14.4. The number of likely N-dealkylation sites (N-methyl/N-ethyl adjacent to an activating group) is 1. The molecule has 0 fully saturated rings. The van der Waals surface area contributed by atoms with Gasteiger partial charge in [0.05, 0.1) is 12.6 Å². The Bertz CT molecular complexity index is 2610. The Hall–Kier alpha value is -7.76. The summed E-state index contributed by atoms with van der Waals surface area (Å²) in [6.45, 7) is 10.8. The third kappa shape index (κ3) is 28.4. The topological polar surface area (TPSA) is 471 Å². The van der Waals surface area contributed by atoms with Crippen LogP contribution >= 0.6 is 0 Å². The maximum atomic E-state index is 14.6. The Kier molecular flexibility index (Phi) is 35.3. The number of fused-ring (bicyclic) bond motifs is 1. The van der Waals surface area contributed by atoms with Gasteiger partial charge in [-0.3, -0.25) is 57.5 Å². The van der Waals surface area contributed by atoms with Crippen LogP contribution in [0.3, 0.4) is 0 Å². The second-order valence-electron chi connectivity index (χ2n) is 23.0. The van der Waals surface area contributed by atoms with Gasteiger partial charge in [0.25, 0.3) is 0 Å². The molecule has 20 N–H and O–H groups in total. The number of primary amides is 1. The highest BCUT2D eigenvalue weighted by Gasteiger charge is 2.37. The number of nitrogens with two attached hydrogens (primary N) is 3. The number of carbonyl (C=O) groups excluding carboxylic acids is 11. The fraction of sp³-hybridized carbons (Fsp3) is 0.661. The van der Waals surface area contributed by atoms with Crippen LogP contribution in [-0.2, 0) is 64.0 Å². The van der Waals surface area contributed by atoms with Crippen molar-refractivity contribution in [3.8, 4) is 0 Å². The van der Waals surface area contributed by atoms with Crippen LogP contribution in [-0.4, -0.2) is 181 Å². The molecule has 10 atom stereocenters. The first-order valence-electron chi connectivity index (χ1n) is 30.3. The van der Waals surface area contributed by atoms with E-state index >= 15 is 0 Å². The number of H-pyrrole nitrogens is 1. The second kappa shape index (κ2) is 40.6. The number of carbonyl (C=O) groups is 12. The van der Waals surface area contributed by atoms with Crippen molar-refractivity contribution in [2.24, 2.45) is 35.0 Å². The zero-order valence-corrected chi connectivity index (χ0v) is 52.3. The van der Waals surface area contributed by atoms with E-state index in [1.54, 1.807) is 58.3 Å². The number of rotatable bonds is 44. The molecule has 0 saturated heterocycles. The number of aromatic nitrogens is 1. The number of aliphatic carboxylic acids is 1. The molecule has 0 aliphatic rings. The summed E-state index contributed by atoms with van der Waals surface area (Å²) in [6, 6.07) is -4.27. The molecule has 2 rings (SSSR count). The van der Waals surface area contributed by atoms with Gasteiger partial charge < -0.3 is 90.9 Å². The number of aliphatic hydroxyl groups is 1. The molecule has 0 radical (unpaired) electrons.